The van der Waals surface area contributed by atoms with Crippen LogP contribution in [0.2, 0.25) is 0 Å². The van der Waals surface area contributed by atoms with Crippen molar-refractivity contribution in [2.45, 2.75) is 11.4 Å². The highest BCUT2D eigenvalue weighted by atomic mass is 32.2. The van der Waals surface area contributed by atoms with E-state index in [0.29, 0.717) is 10.7 Å². The molecule has 0 atom stereocenters. The molecule has 1 aromatic heterocycles. The predicted molar refractivity (Wildman–Crippen MR) is 70.0 cm³/mol. The summed E-state index contributed by atoms with van der Waals surface area (Å²) < 4.78 is 25.4. The smallest absolute Gasteiger partial charge is 0.269 e. The lowest BCUT2D eigenvalue weighted by Gasteiger charge is -2.12. The van der Waals surface area contributed by atoms with Crippen molar-refractivity contribution >= 4 is 33.0 Å². The lowest BCUT2D eigenvalue weighted by molar-refractivity contribution is 0.0865. The zero-order chi connectivity index (χ0) is 13.6. The molecule has 1 aliphatic heterocycles. The Kier molecular flexibility index (Phi) is 2.58. The van der Waals surface area contributed by atoms with Gasteiger partial charge in [0.2, 0.25) is 0 Å². The van der Waals surface area contributed by atoms with Crippen molar-refractivity contribution in [3.8, 4) is 0 Å². The molecule has 2 aromatic rings. The van der Waals surface area contributed by atoms with E-state index in [-0.39, 0.29) is 17.0 Å². The largest absolute Gasteiger partial charge is 0.399 e. The molecular formula is C11H9N3O3S2. The molecule has 0 unspecified atom stereocenters. The summed E-state index contributed by atoms with van der Waals surface area (Å²) in [6, 6.07) is 4.26. The van der Waals surface area contributed by atoms with Crippen LogP contribution in [0, 0.1) is 0 Å². The normalized spacial score (nSPS) is 16.6. The van der Waals surface area contributed by atoms with Gasteiger partial charge in [-0.1, -0.05) is 0 Å². The van der Waals surface area contributed by atoms with Gasteiger partial charge in [0.05, 0.1) is 12.1 Å². The van der Waals surface area contributed by atoms with E-state index in [9.17, 15) is 13.2 Å². The molecule has 2 N–H and O–H groups in total. The fraction of sp³-hybridized carbons (Fsp3) is 0.0909. The second-order valence-corrected chi connectivity index (χ2v) is 6.81. The number of aromatic nitrogens is 1. The second-order valence-electron chi connectivity index (χ2n) is 4.00. The summed E-state index contributed by atoms with van der Waals surface area (Å²) in [7, 11) is -3.82. The lowest BCUT2D eigenvalue weighted by atomic mass is 10.2. The Labute approximate surface area is 113 Å². The molecule has 2 heterocycles. The summed E-state index contributed by atoms with van der Waals surface area (Å²) in [5.74, 6) is -0.537. The van der Waals surface area contributed by atoms with Gasteiger partial charge in [-0.2, -0.15) is 0 Å². The Morgan fingerprint density at radius 3 is 2.84 bits per heavy atom. The van der Waals surface area contributed by atoms with Crippen molar-refractivity contribution in [1.82, 2.24) is 9.29 Å². The van der Waals surface area contributed by atoms with Gasteiger partial charge < -0.3 is 5.73 Å². The van der Waals surface area contributed by atoms with Crippen molar-refractivity contribution in [1.29, 1.82) is 0 Å². The number of hydrogen-bond donors (Lipinski definition) is 1. The number of anilines is 1. The quantitative estimate of drug-likeness (QED) is 0.836. The molecule has 0 radical (unpaired) electrons. The molecule has 98 valence electrons. The highest BCUT2D eigenvalue weighted by Crippen LogP contribution is 2.32. The van der Waals surface area contributed by atoms with Crippen LogP contribution in [0.3, 0.4) is 0 Å². The van der Waals surface area contributed by atoms with Crippen LogP contribution >= 0.6 is 11.3 Å². The van der Waals surface area contributed by atoms with E-state index < -0.39 is 15.9 Å². The Bertz CT molecular complexity index is 753. The zero-order valence-corrected chi connectivity index (χ0v) is 11.2. The first kappa shape index (κ1) is 12.1. The van der Waals surface area contributed by atoms with Crippen LogP contribution in [0.15, 0.2) is 34.7 Å². The van der Waals surface area contributed by atoms with E-state index >= 15 is 0 Å². The number of thiazole rings is 1. The van der Waals surface area contributed by atoms with E-state index in [0.717, 1.165) is 4.31 Å². The molecule has 1 aromatic carbocycles. The molecule has 1 amide bonds. The summed E-state index contributed by atoms with van der Waals surface area (Å²) in [6.45, 7) is -0.0482. The van der Waals surface area contributed by atoms with Gasteiger partial charge in [-0.15, -0.1) is 11.3 Å². The van der Waals surface area contributed by atoms with E-state index in [4.69, 9.17) is 5.73 Å². The maximum Gasteiger partial charge on any atom is 0.269 e. The van der Waals surface area contributed by atoms with Crippen LogP contribution in [-0.2, 0) is 16.6 Å². The third kappa shape index (κ3) is 1.80. The van der Waals surface area contributed by atoms with Gasteiger partial charge in [0.15, 0.2) is 0 Å². The molecule has 8 heteroatoms. The number of nitrogen functional groups attached to an aromatic ring is 1. The van der Waals surface area contributed by atoms with Crippen molar-refractivity contribution < 1.29 is 13.2 Å². The Morgan fingerprint density at radius 1 is 1.37 bits per heavy atom. The molecule has 0 fully saturated rings. The molecular weight excluding hydrogens is 286 g/mol. The summed E-state index contributed by atoms with van der Waals surface area (Å²) in [4.78, 5) is 16.1. The number of nitrogens with zero attached hydrogens (tertiary/aromatic N) is 2. The van der Waals surface area contributed by atoms with Crippen molar-refractivity contribution in [3.05, 3.63) is 40.3 Å². The number of rotatable bonds is 2. The molecule has 0 aliphatic carbocycles. The number of amides is 1. The van der Waals surface area contributed by atoms with E-state index in [2.05, 4.69) is 4.98 Å². The molecule has 19 heavy (non-hydrogen) atoms. The van der Waals surface area contributed by atoms with Gasteiger partial charge in [-0.05, 0) is 18.2 Å². The van der Waals surface area contributed by atoms with Crippen LogP contribution in [-0.4, -0.2) is 23.6 Å². The number of fused-ring (bicyclic) bond motifs is 1. The molecule has 1 aliphatic rings. The number of hydrogen-bond acceptors (Lipinski definition) is 6. The second kappa shape index (κ2) is 4.04. The maximum atomic E-state index is 12.3. The highest BCUT2D eigenvalue weighted by molar-refractivity contribution is 7.90. The van der Waals surface area contributed by atoms with Crippen molar-refractivity contribution in [3.63, 3.8) is 0 Å². The van der Waals surface area contributed by atoms with Gasteiger partial charge >= 0.3 is 0 Å². The van der Waals surface area contributed by atoms with Gasteiger partial charge in [0.1, 0.15) is 9.90 Å². The standard InChI is InChI=1S/C11H9N3O3S2/c12-7-1-2-8-9(5-7)19(16,17)14(11(8)15)6-10-13-3-4-18-10/h1-5H,6,12H2. The monoisotopic (exact) mass is 295 g/mol. The van der Waals surface area contributed by atoms with Gasteiger partial charge in [-0.3, -0.25) is 4.79 Å². The minimum absolute atomic E-state index is 0.0333. The topological polar surface area (TPSA) is 93.4 Å². The predicted octanol–water partition coefficient (Wildman–Crippen LogP) is 1.07. The van der Waals surface area contributed by atoms with Crippen LogP contribution in [0.5, 0.6) is 0 Å². The van der Waals surface area contributed by atoms with Crippen molar-refractivity contribution in [2.75, 3.05) is 5.73 Å². The van der Waals surface area contributed by atoms with E-state index in [1.165, 1.54) is 29.5 Å². The van der Waals surface area contributed by atoms with Gasteiger partial charge in [0, 0.05) is 17.3 Å². The lowest BCUT2D eigenvalue weighted by Crippen LogP contribution is -2.29. The molecule has 0 saturated heterocycles. The number of sulfonamides is 1. The highest BCUT2D eigenvalue weighted by Gasteiger charge is 2.41. The van der Waals surface area contributed by atoms with E-state index in [1.54, 1.807) is 11.6 Å². The Balaban J connectivity index is 2.08. The molecule has 3 rings (SSSR count). The number of nitrogens with two attached hydrogens (primary N) is 1. The first-order chi connectivity index (χ1) is 9.00. The van der Waals surface area contributed by atoms with Crippen LogP contribution < -0.4 is 5.73 Å². The molecule has 0 spiro atoms. The number of carbonyl (C=O) groups is 1. The fourth-order valence-corrected chi connectivity index (χ4v) is 4.15. The fourth-order valence-electron chi connectivity index (χ4n) is 1.90. The third-order valence-corrected chi connectivity index (χ3v) is 5.33. The maximum absolute atomic E-state index is 12.3. The average Bonchev–Trinajstić information content (AvgIpc) is 2.92. The first-order valence-corrected chi connectivity index (χ1v) is 7.67. The third-order valence-electron chi connectivity index (χ3n) is 2.79. The molecule has 0 bridgehead atoms. The van der Waals surface area contributed by atoms with E-state index in [1.807, 2.05) is 0 Å². The minimum atomic E-state index is -3.82. The Hall–Kier alpha value is -1.93. The SMILES string of the molecule is Nc1ccc2c(c1)S(=O)(=O)N(Cc1nccs1)C2=O. The average molecular weight is 295 g/mol. The summed E-state index contributed by atoms with van der Waals surface area (Å²) in [5.41, 5.74) is 6.04. The van der Waals surface area contributed by atoms with Gasteiger partial charge in [-0.25, -0.2) is 17.7 Å². The van der Waals surface area contributed by atoms with Crippen LogP contribution in [0.4, 0.5) is 5.69 Å². The molecule has 6 nitrogen and oxygen atoms in total. The van der Waals surface area contributed by atoms with Crippen molar-refractivity contribution in [2.24, 2.45) is 0 Å². The first-order valence-electron chi connectivity index (χ1n) is 5.35. The summed E-state index contributed by atoms with van der Waals surface area (Å²) >= 11 is 1.30. The van der Waals surface area contributed by atoms with Gasteiger partial charge in [0.25, 0.3) is 15.9 Å². The molecule has 0 saturated carbocycles. The number of carbonyl (C=O) groups excluding carboxylic acids is 1. The van der Waals surface area contributed by atoms with Crippen LogP contribution in [0.25, 0.3) is 0 Å². The number of benzene rings is 1. The summed E-state index contributed by atoms with van der Waals surface area (Å²) in [6.07, 6.45) is 1.57. The van der Waals surface area contributed by atoms with Crippen LogP contribution in [0.1, 0.15) is 15.4 Å². The Morgan fingerprint density at radius 2 is 2.16 bits per heavy atom. The summed E-state index contributed by atoms with van der Waals surface area (Å²) in [5, 5.41) is 2.30. The minimum Gasteiger partial charge on any atom is -0.399 e. The zero-order valence-electron chi connectivity index (χ0n) is 9.61.